The smallest absolute Gasteiger partial charge is 0.105 e. The summed E-state index contributed by atoms with van der Waals surface area (Å²) in [6.07, 6.45) is 0. The van der Waals surface area contributed by atoms with Gasteiger partial charge < -0.3 is 9.34 Å². The van der Waals surface area contributed by atoms with Gasteiger partial charge in [-0.25, -0.2) is 4.44 Å². The van der Waals surface area contributed by atoms with Crippen molar-refractivity contribution >= 4 is 61.6 Å². The summed E-state index contributed by atoms with van der Waals surface area (Å²) >= 11 is 12.4. The van der Waals surface area contributed by atoms with Gasteiger partial charge in [-0.3, -0.25) is 0 Å². The number of rotatable bonds is 8. The summed E-state index contributed by atoms with van der Waals surface area (Å²) in [7, 11) is 4.82. The fourth-order valence-electron chi connectivity index (χ4n) is 3.80. The van der Waals surface area contributed by atoms with Crippen molar-refractivity contribution in [2.75, 3.05) is 30.5 Å². The van der Waals surface area contributed by atoms with Gasteiger partial charge in [0.25, 0.3) is 0 Å². The Hall–Kier alpha value is -2.12. The molecule has 0 saturated carbocycles. The van der Waals surface area contributed by atoms with Crippen molar-refractivity contribution in [2.45, 2.75) is 0 Å². The zero-order chi connectivity index (χ0) is 24.1. The van der Waals surface area contributed by atoms with E-state index in [1.54, 1.807) is 0 Å². The average molecular weight is 526 g/mol. The van der Waals surface area contributed by atoms with E-state index < -0.39 is 16.4 Å². The van der Waals surface area contributed by atoms with Crippen molar-refractivity contribution in [3.8, 4) is 0 Å². The molecule has 2 atom stereocenters. The number of anilines is 2. The van der Waals surface area contributed by atoms with E-state index in [-0.39, 0.29) is 0 Å². The van der Waals surface area contributed by atoms with Crippen molar-refractivity contribution < 1.29 is 0 Å². The molecule has 4 rings (SSSR count). The van der Waals surface area contributed by atoms with Gasteiger partial charge in [-0.05, 0) is 55.6 Å². The Labute approximate surface area is 215 Å². The number of halogens is 2. The number of hydrogen-bond donors (Lipinski definition) is 0. The van der Waals surface area contributed by atoms with Crippen LogP contribution >= 0.6 is 39.6 Å². The van der Waals surface area contributed by atoms with Crippen LogP contribution in [0.3, 0.4) is 0 Å². The van der Waals surface area contributed by atoms with E-state index in [9.17, 15) is 0 Å². The molecule has 34 heavy (non-hydrogen) atoms. The lowest BCUT2D eigenvalue weighted by Gasteiger charge is -2.44. The SMILES string of the molecule is CN(c1ccc(Cl)cc1)P(c1ccccc1)N(C)P(c1ccccc1)N(C)c1ccc(Cl)cc1. The normalized spacial score (nSPS) is 12.9. The maximum atomic E-state index is 6.19. The quantitative estimate of drug-likeness (QED) is 0.217. The summed E-state index contributed by atoms with van der Waals surface area (Å²) in [5.41, 5.74) is 2.26. The molecule has 2 unspecified atom stereocenters. The highest BCUT2D eigenvalue weighted by Gasteiger charge is 2.32. The molecule has 0 aliphatic heterocycles. The Morgan fingerprint density at radius 2 is 0.794 bits per heavy atom. The molecule has 0 fully saturated rings. The van der Waals surface area contributed by atoms with Crippen molar-refractivity contribution in [2.24, 2.45) is 0 Å². The molecule has 0 radical (unpaired) electrons. The second-order valence-corrected chi connectivity index (χ2v) is 13.5. The van der Waals surface area contributed by atoms with Crippen molar-refractivity contribution in [1.29, 1.82) is 0 Å². The highest BCUT2D eigenvalue weighted by Crippen LogP contribution is 2.58. The summed E-state index contributed by atoms with van der Waals surface area (Å²) in [5.74, 6) is 0. The lowest BCUT2D eigenvalue weighted by atomic mass is 10.3. The van der Waals surface area contributed by atoms with Crippen LogP contribution in [0, 0.1) is 0 Å². The molecule has 0 N–H and O–H groups in total. The molecule has 0 bridgehead atoms. The maximum Gasteiger partial charge on any atom is 0.105 e. The molecule has 174 valence electrons. The van der Waals surface area contributed by atoms with Crippen LogP contribution < -0.4 is 19.9 Å². The summed E-state index contributed by atoms with van der Waals surface area (Å²) in [6.45, 7) is 0. The van der Waals surface area contributed by atoms with Gasteiger partial charge in [-0.2, -0.15) is 0 Å². The Kier molecular flexibility index (Phi) is 8.48. The van der Waals surface area contributed by atoms with Gasteiger partial charge in [0.1, 0.15) is 16.4 Å². The second kappa shape index (κ2) is 11.5. The van der Waals surface area contributed by atoms with E-state index in [4.69, 9.17) is 23.2 Å². The monoisotopic (exact) mass is 525 g/mol. The standard InChI is InChI=1S/C27H27Cl2N3P2/c1-30(24-18-14-22(28)15-19-24)33(26-10-6-4-7-11-26)32(3)34(27-12-8-5-9-13-27)31(2)25-20-16-23(29)17-21-25/h4-21H,1-3H3. The Bertz CT molecular complexity index is 1080. The van der Waals surface area contributed by atoms with Gasteiger partial charge in [0, 0.05) is 46.1 Å². The van der Waals surface area contributed by atoms with Crippen LogP contribution in [0.2, 0.25) is 10.0 Å². The Morgan fingerprint density at radius 1 is 0.471 bits per heavy atom. The summed E-state index contributed by atoms with van der Waals surface area (Å²) in [4.78, 5) is 0. The zero-order valence-electron chi connectivity index (χ0n) is 19.4. The first kappa shape index (κ1) is 25.0. The lowest BCUT2D eigenvalue weighted by Crippen LogP contribution is -2.33. The topological polar surface area (TPSA) is 9.72 Å². The minimum absolute atomic E-state index is 0.739. The zero-order valence-corrected chi connectivity index (χ0v) is 22.7. The first-order chi connectivity index (χ1) is 16.5. The van der Waals surface area contributed by atoms with Gasteiger partial charge >= 0.3 is 0 Å². The van der Waals surface area contributed by atoms with Crippen LogP contribution in [0.25, 0.3) is 0 Å². The molecule has 0 aliphatic rings. The lowest BCUT2D eigenvalue weighted by molar-refractivity contribution is 0.878. The molecule has 0 amide bonds. The minimum atomic E-state index is -0.871. The molecule has 0 aromatic heterocycles. The van der Waals surface area contributed by atoms with Crippen LogP contribution in [0.15, 0.2) is 109 Å². The van der Waals surface area contributed by atoms with Gasteiger partial charge in [0.05, 0.1) is 0 Å². The fourth-order valence-corrected chi connectivity index (χ4v) is 9.76. The molecular weight excluding hydrogens is 499 g/mol. The number of benzene rings is 4. The Morgan fingerprint density at radius 3 is 1.12 bits per heavy atom. The minimum Gasteiger partial charge on any atom is -0.337 e. The molecule has 0 saturated heterocycles. The van der Waals surface area contributed by atoms with Crippen LogP contribution in [-0.2, 0) is 0 Å². The molecule has 0 heterocycles. The summed E-state index contributed by atoms with van der Waals surface area (Å²) in [5, 5.41) is 4.04. The molecule has 4 aromatic rings. The predicted molar refractivity (Wildman–Crippen MR) is 153 cm³/mol. The second-order valence-electron chi connectivity index (χ2n) is 7.74. The third kappa shape index (κ3) is 5.74. The van der Waals surface area contributed by atoms with Crippen LogP contribution in [0.4, 0.5) is 11.4 Å². The Balaban J connectivity index is 1.80. The first-order valence-electron chi connectivity index (χ1n) is 10.9. The van der Waals surface area contributed by atoms with Crippen LogP contribution in [0.1, 0.15) is 0 Å². The van der Waals surface area contributed by atoms with E-state index >= 15 is 0 Å². The molecule has 4 aromatic carbocycles. The summed E-state index contributed by atoms with van der Waals surface area (Å²) < 4.78 is 7.27. The molecule has 0 spiro atoms. The van der Waals surface area contributed by atoms with Gasteiger partial charge in [0.2, 0.25) is 0 Å². The highest BCUT2D eigenvalue weighted by atomic mass is 35.5. The third-order valence-electron chi connectivity index (χ3n) is 5.49. The van der Waals surface area contributed by atoms with Crippen molar-refractivity contribution in [3.05, 3.63) is 119 Å². The van der Waals surface area contributed by atoms with E-state index in [1.807, 2.05) is 24.3 Å². The van der Waals surface area contributed by atoms with Gasteiger partial charge in [-0.1, -0.05) is 83.9 Å². The number of hydrogen-bond acceptors (Lipinski definition) is 3. The third-order valence-corrected chi connectivity index (χ3v) is 11.2. The molecular formula is C27H27Cl2N3P2. The summed E-state index contributed by atoms with van der Waals surface area (Å²) in [6, 6.07) is 37.6. The molecule has 0 aliphatic carbocycles. The van der Waals surface area contributed by atoms with E-state index in [1.165, 1.54) is 10.6 Å². The highest BCUT2D eigenvalue weighted by molar-refractivity contribution is 7.79. The largest absolute Gasteiger partial charge is 0.337 e. The van der Waals surface area contributed by atoms with Crippen LogP contribution in [-0.4, -0.2) is 25.6 Å². The van der Waals surface area contributed by atoms with Crippen LogP contribution in [0.5, 0.6) is 0 Å². The van der Waals surface area contributed by atoms with Crippen molar-refractivity contribution in [1.82, 2.24) is 4.44 Å². The molecule has 3 nitrogen and oxygen atoms in total. The van der Waals surface area contributed by atoms with E-state index in [0.717, 1.165) is 21.4 Å². The average Bonchev–Trinajstić information content (AvgIpc) is 2.86. The van der Waals surface area contributed by atoms with E-state index in [2.05, 4.69) is 120 Å². The first-order valence-corrected chi connectivity index (χ1v) is 14.1. The van der Waals surface area contributed by atoms with Crippen molar-refractivity contribution in [3.63, 3.8) is 0 Å². The molecule has 7 heteroatoms. The number of nitrogens with zero attached hydrogens (tertiary/aromatic N) is 3. The fraction of sp³-hybridized carbons (Fsp3) is 0.111. The van der Waals surface area contributed by atoms with Gasteiger partial charge in [0.15, 0.2) is 0 Å². The predicted octanol–water partition coefficient (Wildman–Crippen LogP) is 7.77. The van der Waals surface area contributed by atoms with Gasteiger partial charge in [-0.15, -0.1) is 0 Å². The van der Waals surface area contributed by atoms with E-state index in [0.29, 0.717) is 0 Å². The maximum absolute atomic E-state index is 6.19.